The van der Waals surface area contributed by atoms with E-state index in [-0.39, 0.29) is 5.75 Å². The first-order valence-electron chi connectivity index (χ1n) is 7.05. The largest absolute Gasteiger partial charge is 0.497 e. The molecule has 2 heterocycles. The minimum Gasteiger partial charge on any atom is -0.497 e. The fourth-order valence-electron chi connectivity index (χ4n) is 2.21. The van der Waals surface area contributed by atoms with E-state index in [0.717, 1.165) is 23.1 Å². The van der Waals surface area contributed by atoms with Crippen LogP contribution in [0.25, 0.3) is 17.2 Å². The third-order valence-electron chi connectivity index (χ3n) is 3.31. The van der Waals surface area contributed by atoms with Crippen molar-refractivity contribution in [3.63, 3.8) is 0 Å². The van der Waals surface area contributed by atoms with Crippen LogP contribution in [0.15, 0.2) is 35.7 Å². The van der Waals surface area contributed by atoms with Crippen molar-refractivity contribution in [2.24, 2.45) is 0 Å². The Morgan fingerprint density at radius 1 is 1.42 bits per heavy atom. The summed E-state index contributed by atoms with van der Waals surface area (Å²) in [6.45, 7) is 1.89. The lowest BCUT2D eigenvalue weighted by atomic mass is 10.2. The number of methoxy groups -OCH3 is 1. The van der Waals surface area contributed by atoms with Gasteiger partial charge >= 0.3 is 5.97 Å². The number of aromatic amines is 1. The normalized spacial score (nSPS) is 10.8. The van der Waals surface area contributed by atoms with E-state index in [4.69, 9.17) is 9.84 Å². The van der Waals surface area contributed by atoms with E-state index in [0.29, 0.717) is 22.4 Å². The number of H-pyrrole nitrogens is 1. The van der Waals surface area contributed by atoms with Crippen molar-refractivity contribution >= 4 is 17.7 Å². The van der Waals surface area contributed by atoms with E-state index in [2.05, 4.69) is 20.2 Å². The van der Waals surface area contributed by atoms with Gasteiger partial charge in [-0.2, -0.15) is 0 Å². The minimum absolute atomic E-state index is 0.109. The van der Waals surface area contributed by atoms with E-state index in [1.165, 1.54) is 0 Å². The van der Waals surface area contributed by atoms with Gasteiger partial charge in [0.05, 0.1) is 24.9 Å². The second-order valence-electron chi connectivity index (χ2n) is 4.90. The van der Waals surface area contributed by atoms with Crippen molar-refractivity contribution in [2.45, 2.75) is 12.1 Å². The van der Waals surface area contributed by atoms with Crippen molar-refractivity contribution in [2.75, 3.05) is 12.9 Å². The molecule has 0 atom stereocenters. The Labute approximate surface area is 141 Å². The van der Waals surface area contributed by atoms with Gasteiger partial charge in [-0.05, 0) is 19.1 Å². The van der Waals surface area contributed by atoms with E-state index < -0.39 is 5.97 Å². The second-order valence-corrected chi connectivity index (χ2v) is 5.84. The summed E-state index contributed by atoms with van der Waals surface area (Å²) in [7, 11) is 1.59. The zero-order chi connectivity index (χ0) is 17.1. The molecule has 8 nitrogen and oxygen atoms in total. The van der Waals surface area contributed by atoms with Gasteiger partial charge < -0.3 is 14.8 Å². The molecular weight excluding hydrogens is 330 g/mol. The molecular formula is C15H15N5O3S. The van der Waals surface area contributed by atoms with E-state index in [1.807, 2.05) is 31.2 Å². The number of aromatic nitrogens is 5. The molecule has 0 unspecified atom stereocenters. The number of hydrogen-bond acceptors (Lipinski definition) is 6. The van der Waals surface area contributed by atoms with Crippen molar-refractivity contribution in [1.82, 2.24) is 24.7 Å². The number of nitrogens with one attached hydrogen (secondary N) is 1. The van der Waals surface area contributed by atoms with Gasteiger partial charge in [-0.1, -0.05) is 17.8 Å². The van der Waals surface area contributed by atoms with Gasteiger partial charge in [-0.3, -0.25) is 9.36 Å². The lowest BCUT2D eigenvalue weighted by molar-refractivity contribution is -0.133. The Morgan fingerprint density at radius 2 is 2.25 bits per heavy atom. The first kappa shape index (κ1) is 16.1. The summed E-state index contributed by atoms with van der Waals surface area (Å²) in [5.74, 6) is 0.189. The Kier molecular flexibility index (Phi) is 4.52. The number of aryl methyl sites for hydroxylation is 1. The number of carbonyl (C=O) groups is 1. The molecule has 0 aliphatic heterocycles. The Hall–Kier alpha value is -2.81. The molecule has 124 valence electrons. The standard InChI is InChI=1S/C15H15N5O3S/c1-9-13(17-8-16-9)14-18-19-15(24-7-12(21)22)20(14)10-4-3-5-11(6-10)23-2/h3-6,8H,7H2,1-2H3,(H,16,17)(H,21,22). The Morgan fingerprint density at radius 3 is 2.92 bits per heavy atom. The molecule has 3 rings (SSSR count). The molecule has 9 heteroatoms. The minimum atomic E-state index is -0.919. The quantitative estimate of drug-likeness (QED) is 0.659. The number of carboxylic acids is 1. The SMILES string of the molecule is COc1cccc(-n2c(SCC(=O)O)nnc2-c2nc[nH]c2C)c1. The number of aliphatic carboxylic acids is 1. The summed E-state index contributed by atoms with van der Waals surface area (Å²) in [6, 6.07) is 7.39. The lowest BCUT2D eigenvalue weighted by Crippen LogP contribution is -2.04. The second kappa shape index (κ2) is 6.75. The summed E-state index contributed by atoms with van der Waals surface area (Å²) in [6.07, 6.45) is 1.58. The zero-order valence-corrected chi connectivity index (χ0v) is 13.9. The molecule has 3 aromatic rings. The van der Waals surface area contributed by atoms with Crippen molar-refractivity contribution < 1.29 is 14.6 Å². The lowest BCUT2D eigenvalue weighted by Gasteiger charge is -2.10. The molecule has 2 aromatic heterocycles. The zero-order valence-electron chi connectivity index (χ0n) is 13.1. The predicted octanol–water partition coefficient (Wildman–Crippen LogP) is 2.15. The third kappa shape index (κ3) is 3.11. The van der Waals surface area contributed by atoms with Crippen LogP contribution in [0.2, 0.25) is 0 Å². The maximum absolute atomic E-state index is 10.9. The van der Waals surface area contributed by atoms with Gasteiger partial charge in [0.2, 0.25) is 0 Å². The third-order valence-corrected chi connectivity index (χ3v) is 4.23. The molecule has 0 fully saturated rings. The van der Waals surface area contributed by atoms with Crippen LogP contribution in [0.1, 0.15) is 5.69 Å². The highest BCUT2D eigenvalue weighted by Gasteiger charge is 2.20. The number of benzene rings is 1. The highest BCUT2D eigenvalue weighted by molar-refractivity contribution is 7.99. The fraction of sp³-hybridized carbons (Fsp3) is 0.200. The monoisotopic (exact) mass is 345 g/mol. The van der Waals surface area contributed by atoms with Gasteiger partial charge in [0.15, 0.2) is 11.0 Å². The van der Waals surface area contributed by atoms with Crippen LogP contribution in [0.3, 0.4) is 0 Å². The van der Waals surface area contributed by atoms with Crippen LogP contribution < -0.4 is 4.74 Å². The Balaban J connectivity index is 2.13. The van der Waals surface area contributed by atoms with Gasteiger partial charge in [-0.15, -0.1) is 10.2 Å². The molecule has 1 aromatic carbocycles. The first-order chi connectivity index (χ1) is 11.6. The van der Waals surface area contributed by atoms with Crippen LogP contribution in [-0.2, 0) is 4.79 Å². The van der Waals surface area contributed by atoms with E-state index in [9.17, 15) is 4.79 Å². The Bertz CT molecular complexity index is 874. The molecule has 0 spiro atoms. The number of thioether (sulfide) groups is 1. The summed E-state index contributed by atoms with van der Waals surface area (Å²) in [5, 5.41) is 17.8. The highest BCUT2D eigenvalue weighted by atomic mass is 32.2. The number of nitrogens with zero attached hydrogens (tertiary/aromatic N) is 4. The highest BCUT2D eigenvalue weighted by Crippen LogP contribution is 2.29. The van der Waals surface area contributed by atoms with Crippen molar-refractivity contribution in [1.29, 1.82) is 0 Å². The van der Waals surface area contributed by atoms with Crippen molar-refractivity contribution in [3.05, 3.63) is 36.3 Å². The number of hydrogen-bond donors (Lipinski definition) is 2. The van der Waals surface area contributed by atoms with Gasteiger partial charge in [0.1, 0.15) is 11.4 Å². The maximum Gasteiger partial charge on any atom is 0.313 e. The summed E-state index contributed by atoms with van der Waals surface area (Å²) >= 11 is 1.10. The summed E-state index contributed by atoms with van der Waals surface area (Å²) in [5.41, 5.74) is 2.28. The summed E-state index contributed by atoms with van der Waals surface area (Å²) in [4.78, 5) is 18.2. The predicted molar refractivity (Wildman–Crippen MR) is 88.6 cm³/mol. The smallest absolute Gasteiger partial charge is 0.313 e. The molecule has 0 radical (unpaired) electrons. The molecule has 0 amide bonds. The molecule has 0 saturated heterocycles. The van der Waals surface area contributed by atoms with Crippen LogP contribution >= 0.6 is 11.8 Å². The van der Waals surface area contributed by atoms with Gasteiger partial charge in [-0.25, -0.2) is 4.98 Å². The number of carboxylic acid groups (broad SMARTS) is 1. The van der Waals surface area contributed by atoms with Gasteiger partial charge in [0.25, 0.3) is 0 Å². The topological polar surface area (TPSA) is 106 Å². The van der Waals surface area contributed by atoms with E-state index >= 15 is 0 Å². The number of rotatable bonds is 6. The first-order valence-corrected chi connectivity index (χ1v) is 8.03. The molecule has 0 saturated carbocycles. The molecule has 2 N–H and O–H groups in total. The number of ether oxygens (including phenoxy) is 1. The van der Waals surface area contributed by atoms with Crippen molar-refractivity contribution in [3.8, 4) is 23.0 Å². The van der Waals surface area contributed by atoms with Crippen LogP contribution in [0.5, 0.6) is 5.75 Å². The maximum atomic E-state index is 10.9. The molecule has 0 bridgehead atoms. The average molecular weight is 345 g/mol. The van der Waals surface area contributed by atoms with E-state index in [1.54, 1.807) is 18.0 Å². The van der Waals surface area contributed by atoms with Crippen LogP contribution in [-0.4, -0.2) is 48.7 Å². The molecule has 24 heavy (non-hydrogen) atoms. The van der Waals surface area contributed by atoms with Gasteiger partial charge in [0, 0.05) is 11.8 Å². The average Bonchev–Trinajstić information content (AvgIpc) is 3.18. The molecule has 0 aliphatic carbocycles. The molecule has 0 aliphatic rings. The van der Waals surface area contributed by atoms with Crippen LogP contribution in [0.4, 0.5) is 0 Å². The fourth-order valence-corrected chi connectivity index (χ4v) is 2.88. The summed E-state index contributed by atoms with van der Waals surface area (Å²) < 4.78 is 7.05. The van der Waals surface area contributed by atoms with Crippen LogP contribution in [0, 0.1) is 6.92 Å². The number of imidazole rings is 1.